The highest BCUT2D eigenvalue weighted by atomic mass is 32.2. The van der Waals surface area contributed by atoms with Gasteiger partial charge in [-0.3, -0.25) is 0 Å². The van der Waals surface area contributed by atoms with Gasteiger partial charge in [0.1, 0.15) is 11.6 Å². The number of imidazole rings is 1. The summed E-state index contributed by atoms with van der Waals surface area (Å²) in [5.41, 5.74) is 1.07. The molecule has 94 valence electrons. The van der Waals surface area contributed by atoms with Crippen LogP contribution < -0.4 is 5.32 Å². The van der Waals surface area contributed by atoms with Gasteiger partial charge in [-0.1, -0.05) is 0 Å². The van der Waals surface area contributed by atoms with E-state index in [1.807, 2.05) is 6.07 Å². The first-order valence-electron chi connectivity index (χ1n) is 5.97. The molecule has 0 saturated carbocycles. The zero-order chi connectivity index (χ0) is 12.4. The van der Waals surface area contributed by atoms with Crippen molar-refractivity contribution in [3.05, 3.63) is 47.8 Å². The first-order valence-corrected chi connectivity index (χ1v) is 6.95. The summed E-state index contributed by atoms with van der Waals surface area (Å²) in [6.45, 7) is 0.679. The van der Waals surface area contributed by atoms with Gasteiger partial charge < -0.3 is 10.3 Å². The second-order valence-electron chi connectivity index (χ2n) is 4.29. The minimum absolute atomic E-state index is 0.166. The molecule has 1 aliphatic heterocycles. The van der Waals surface area contributed by atoms with Gasteiger partial charge in [0.15, 0.2) is 0 Å². The highest BCUT2D eigenvalue weighted by Gasteiger charge is 2.20. The molecular weight excluding hydrogens is 249 g/mol. The molecule has 0 saturated heterocycles. The third-order valence-electron chi connectivity index (χ3n) is 3.08. The molecule has 0 bridgehead atoms. The number of nitrogens with one attached hydrogen (secondary N) is 2. The molecule has 0 aliphatic carbocycles. The number of halogens is 1. The summed E-state index contributed by atoms with van der Waals surface area (Å²) in [7, 11) is 0. The lowest BCUT2D eigenvalue weighted by Crippen LogP contribution is -2.24. The van der Waals surface area contributed by atoms with Gasteiger partial charge in [0.25, 0.3) is 0 Å². The molecule has 0 radical (unpaired) electrons. The van der Waals surface area contributed by atoms with Crippen LogP contribution in [0, 0.1) is 5.82 Å². The monoisotopic (exact) mass is 263 g/mol. The molecule has 1 aromatic carbocycles. The normalized spacial score (nSPS) is 18.6. The fourth-order valence-electron chi connectivity index (χ4n) is 2.19. The second kappa shape index (κ2) is 5.12. The molecule has 3 rings (SSSR count). The van der Waals surface area contributed by atoms with Crippen LogP contribution in [-0.4, -0.2) is 15.7 Å². The molecule has 0 spiro atoms. The minimum Gasteiger partial charge on any atom is -0.348 e. The molecular formula is C13H14FN3S. The summed E-state index contributed by atoms with van der Waals surface area (Å²) in [6.07, 6.45) is 4.56. The van der Waals surface area contributed by atoms with Crippen molar-refractivity contribution >= 4 is 11.8 Å². The van der Waals surface area contributed by atoms with E-state index in [4.69, 9.17) is 0 Å². The Morgan fingerprint density at radius 1 is 1.50 bits per heavy atom. The summed E-state index contributed by atoms with van der Waals surface area (Å²) in [5.74, 6) is 1.81. The number of hydrogen-bond acceptors (Lipinski definition) is 3. The van der Waals surface area contributed by atoms with Gasteiger partial charge in [-0.05, 0) is 35.9 Å². The Balaban J connectivity index is 1.76. The van der Waals surface area contributed by atoms with Gasteiger partial charge in [0, 0.05) is 23.3 Å². The van der Waals surface area contributed by atoms with E-state index in [2.05, 4.69) is 15.3 Å². The summed E-state index contributed by atoms with van der Waals surface area (Å²) < 4.78 is 13.3. The van der Waals surface area contributed by atoms with Gasteiger partial charge in [-0.15, -0.1) is 11.8 Å². The van der Waals surface area contributed by atoms with Crippen molar-refractivity contribution in [2.45, 2.75) is 23.9 Å². The van der Waals surface area contributed by atoms with Gasteiger partial charge in [-0.2, -0.15) is 0 Å². The van der Waals surface area contributed by atoms with Crippen LogP contribution in [0.2, 0.25) is 0 Å². The number of fused-ring (bicyclic) bond motifs is 1. The topological polar surface area (TPSA) is 40.7 Å². The summed E-state index contributed by atoms with van der Waals surface area (Å²) in [5, 5.41) is 3.43. The number of aromatic amines is 1. The number of thioether (sulfide) groups is 1. The maximum atomic E-state index is 13.3. The van der Waals surface area contributed by atoms with Crippen molar-refractivity contribution in [3.63, 3.8) is 0 Å². The molecule has 0 fully saturated rings. The standard InChI is InChI=1S/C13H14FN3S/c14-9-1-2-12-10(7-9)11(3-6-18-12)17-8-13-15-4-5-16-13/h1-2,4-5,7,11,17H,3,6,8H2,(H,15,16). The fourth-order valence-corrected chi connectivity index (χ4v) is 3.30. The number of nitrogens with zero attached hydrogens (tertiary/aromatic N) is 1. The van der Waals surface area contributed by atoms with E-state index in [0.717, 1.165) is 23.6 Å². The lowest BCUT2D eigenvalue weighted by Gasteiger charge is -2.25. The van der Waals surface area contributed by atoms with Crippen LogP contribution in [0.25, 0.3) is 0 Å². The zero-order valence-corrected chi connectivity index (χ0v) is 10.6. The van der Waals surface area contributed by atoms with E-state index in [1.165, 1.54) is 11.0 Å². The summed E-state index contributed by atoms with van der Waals surface area (Å²) in [4.78, 5) is 8.42. The average Bonchev–Trinajstić information content (AvgIpc) is 2.89. The molecule has 1 aromatic heterocycles. The maximum Gasteiger partial charge on any atom is 0.123 e. The average molecular weight is 263 g/mol. The molecule has 2 N–H and O–H groups in total. The van der Waals surface area contributed by atoms with Gasteiger partial charge >= 0.3 is 0 Å². The van der Waals surface area contributed by atoms with Crippen molar-refractivity contribution in [2.24, 2.45) is 0 Å². The minimum atomic E-state index is -0.166. The molecule has 3 nitrogen and oxygen atoms in total. The Bertz CT molecular complexity index is 527. The Morgan fingerprint density at radius 3 is 3.28 bits per heavy atom. The predicted octanol–water partition coefficient (Wildman–Crippen LogP) is 2.88. The smallest absolute Gasteiger partial charge is 0.123 e. The molecule has 5 heteroatoms. The van der Waals surface area contributed by atoms with Crippen molar-refractivity contribution in [1.82, 2.24) is 15.3 Å². The highest BCUT2D eigenvalue weighted by Crippen LogP contribution is 2.36. The first kappa shape index (κ1) is 11.7. The van der Waals surface area contributed by atoms with Crippen LogP contribution in [0.1, 0.15) is 23.9 Å². The molecule has 2 heterocycles. The number of benzene rings is 1. The Morgan fingerprint density at radius 2 is 2.44 bits per heavy atom. The van der Waals surface area contributed by atoms with E-state index >= 15 is 0 Å². The highest BCUT2D eigenvalue weighted by molar-refractivity contribution is 7.99. The molecule has 1 atom stereocenters. The largest absolute Gasteiger partial charge is 0.348 e. The number of aromatic nitrogens is 2. The number of H-pyrrole nitrogens is 1. The SMILES string of the molecule is Fc1ccc2c(c1)C(NCc1ncc[nH]1)CCS2. The van der Waals surface area contributed by atoms with Crippen LogP contribution in [0.15, 0.2) is 35.5 Å². The third kappa shape index (κ3) is 2.42. The molecule has 18 heavy (non-hydrogen) atoms. The van der Waals surface area contributed by atoms with Crippen LogP contribution in [-0.2, 0) is 6.54 Å². The zero-order valence-electron chi connectivity index (χ0n) is 9.82. The molecule has 0 amide bonds. The van der Waals surface area contributed by atoms with Gasteiger partial charge in [0.2, 0.25) is 0 Å². The first-order chi connectivity index (χ1) is 8.83. The van der Waals surface area contributed by atoms with Crippen molar-refractivity contribution in [3.8, 4) is 0 Å². The van der Waals surface area contributed by atoms with Crippen molar-refractivity contribution < 1.29 is 4.39 Å². The number of rotatable bonds is 3. The summed E-state index contributed by atoms with van der Waals surface area (Å²) >= 11 is 1.79. The Kier molecular flexibility index (Phi) is 3.34. The summed E-state index contributed by atoms with van der Waals surface area (Å²) in [6, 6.07) is 5.25. The molecule has 2 aromatic rings. The quantitative estimate of drug-likeness (QED) is 0.894. The van der Waals surface area contributed by atoms with E-state index < -0.39 is 0 Å². The Hall–Kier alpha value is -1.33. The van der Waals surface area contributed by atoms with Crippen LogP contribution in [0.4, 0.5) is 4.39 Å². The van der Waals surface area contributed by atoms with Gasteiger partial charge in [-0.25, -0.2) is 9.37 Å². The second-order valence-corrected chi connectivity index (χ2v) is 5.43. The maximum absolute atomic E-state index is 13.3. The fraction of sp³-hybridized carbons (Fsp3) is 0.308. The molecule has 1 unspecified atom stereocenters. The van der Waals surface area contributed by atoms with E-state index in [0.29, 0.717) is 6.54 Å². The van der Waals surface area contributed by atoms with E-state index in [-0.39, 0.29) is 11.9 Å². The lowest BCUT2D eigenvalue weighted by molar-refractivity contribution is 0.497. The van der Waals surface area contributed by atoms with Crippen molar-refractivity contribution in [2.75, 3.05) is 5.75 Å². The third-order valence-corrected chi connectivity index (χ3v) is 4.20. The Labute approximate surface area is 109 Å². The van der Waals surface area contributed by atoms with E-state index in [9.17, 15) is 4.39 Å². The number of hydrogen-bond donors (Lipinski definition) is 2. The lowest BCUT2D eigenvalue weighted by atomic mass is 10.0. The van der Waals surface area contributed by atoms with Crippen molar-refractivity contribution in [1.29, 1.82) is 0 Å². The van der Waals surface area contributed by atoms with Crippen LogP contribution in [0.5, 0.6) is 0 Å². The van der Waals surface area contributed by atoms with E-state index in [1.54, 1.807) is 30.2 Å². The van der Waals surface area contributed by atoms with Crippen LogP contribution in [0.3, 0.4) is 0 Å². The van der Waals surface area contributed by atoms with Crippen LogP contribution >= 0.6 is 11.8 Å². The van der Waals surface area contributed by atoms with Gasteiger partial charge in [0.05, 0.1) is 6.54 Å². The predicted molar refractivity (Wildman–Crippen MR) is 69.9 cm³/mol. The molecule has 1 aliphatic rings.